The molecule has 53 heavy (non-hydrogen) atoms. The molecule has 17 heteroatoms. The maximum absolute atomic E-state index is 11.2. The van der Waals surface area contributed by atoms with E-state index in [2.05, 4.69) is 0 Å². The van der Waals surface area contributed by atoms with Crippen molar-refractivity contribution in [3.8, 4) is 0 Å². The van der Waals surface area contributed by atoms with Gasteiger partial charge in [-0.25, -0.2) is 0 Å². The molecule has 0 bridgehead atoms. The zero-order valence-corrected chi connectivity index (χ0v) is 31.3. The molecule has 5 fully saturated rings. The lowest BCUT2D eigenvalue weighted by Gasteiger charge is -2.45. The van der Waals surface area contributed by atoms with Gasteiger partial charge in [-0.3, -0.25) is 0 Å². The molecule has 21 atom stereocenters. The summed E-state index contributed by atoms with van der Waals surface area (Å²) in [4.78, 5) is 0. The Labute approximate surface area is 310 Å². The summed E-state index contributed by atoms with van der Waals surface area (Å²) in [5.74, 6) is -0.366. The Bertz CT molecular complexity index is 1180. The van der Waals surface area contributed by atoms with Crippen LogP contribution in [0.4, 0.5) is 0 Å². The van der Waals surface area contributed by atoms with E-state index in [1.807, 2.05) is 6.92 Å². The van der Waals surface area contributed by atoms with Gasteiger partial charge in [0.15, 0.2) is 31.5 Å². The van der Waals surface area contributed by atoms with Crippen molar-refractivity contribution in [3.63, 3.8) is 0 Å². The second-order valence-electron chi connectivity index (χ2n) is 15.4. The summed E-state index contributed by atoms with van der Waals surface area (Å²) in [5, 5.41) is 62.8. The highest BCUT2D eigenvalue weighted by Gasteiger charge is 2.46. The average Bonchev–Trinajstić information content (AvgIpc) is 3.08. The molecular weight excluding hydrogens is 704 g/mol. The zero-order chi connectivity index (χ0) is 38.1. The summed E-state index contributed by atoms with van der Waals surface area (Å²) < 4.78 is 66.0. The molecule has 6 rings (SSSR count). The second kappa shape index (κ2) is 17.9. The predicted molar refractivity (Wildman–Crippen MR) is 180 cm³/mol. The van der Waals surface area contributed by atoms with Gasteiger partial charge in [-0.05, 0) is 54.4 Å². The standard InChI is InChI=1S/C36H60O17/c1-15-21(37)7-9-28(44-15)50-25-13-32(47-17(3)33(25)41)53-36-20(6)48-30(12-23(36)39)49-24-8-10-29(45-16(24)2)51-26-14-31(46-18(4)34(26)42)52-35-19(5)43-27(40)11-22(35)38/h11,15-26,28-42H,7-10,12-14H2,1-6H3/t15-,16-,17+,18+,19+,20+,21-,22+,23+,24-,25+,26+,28-,29-,30-,31-,32-,33+,34+,35+,36+/m0/s1. The zero-order valence-electron chi connectivity index (χ0n) is 31.3. The summed E-state index contributed by atoms with van der Waals surface area (Å²) >= 11 is 0. The fraction of sp³-hybridized carbons (Fsp3) is 0.944. The molecule has 0 amide bonds. The molecule has 0 unspecified atom stereocenters. The minimum atomic E-state index is -1.10. The van der Waals surface area contributed by atoms with Crippen LogP contribution >= 0.6 is 0 Å². The van der Waals surface area contributed by atoms with E-state index in [4.69, 9.17) is 52.1 Å². The molecule has 0 aliphatic carbocycles. The first-order valence-electron chi connectivity index (χ1n) is 19.2. The van der Waals surface area contributed by atoms with Gasteiger partial charge in [-0.1, -0.05) is 0 Å². The van der Waals surface area contributed by atoms with E-state index in [1.165, 1.54) is 0 Å². The van der Waals surface area contributed by atoms with Crippen molar-refractivity contribution < 1.29 is 82.7 Å². The van der Waals surface area contributed by atoms with Crippen molar-refractivity contribution in [1.82, 2.24) is 0 Å². The van der Waals surface area contributed by atoms with E-state index in [1.54, 1.807) is 34.6 Å². The summed E-state index contributed by atoms with van der Waals surface area (Å²) in [5.41, 5.74) is 0. The van der Waals surface area contributed by atoms with Crippen molar-refractivity contribution in [3.05, 3.63) is 12.0 Å². The molecular formula is C36H60O17. The summed E-state index contributed by atoms with van der Waals surface area (Å²) in [6, 6.07) is 0. The average molecular weight is 765 g/mol. The summed E-state index contributed by atoms with van der Waals surface area (Å²) in [6.45, 7) is 10.6. The Morgan fingerprint density at radius 3 is 1.51 bits per heavy atom. The minimum absolute atomic E-state index is 0.154. The van der Waals surface area contributed by atoms with Crippen LogP contribution < -0.4 is 0 Å². The smallest absolute Gasteiger partial charge is 0.275 e. The largest absolute Gasteiger partial charge is 0.481 e. The lowest BCUT2D eigenvalue weighted by atomic mass is 9.99. The SMILES string of the molecule is C[C@@H]1O[C@@H](O[C@@H]2C[C@H](O[C@H]3[C@H](O)C=C(O)O[C@@H]3C)O[C@H](C)[C@H]2O)CC[C@@H]1O[C@H]1C[C@@H](O)[C@H](O[C@H]2C[C@@H](O[C@H]3CC[C@H](O)[C@H](C)O3)[C@H](O)[C@@H](C)O2)[C@@H](C)O1. The van der Waals surface area contributed by atoms with Gasteiger partial charge in [0.05, 0.1) is 61.0 Å². The molecule has 0 aromatic heterocycles. The highest BCUT2D eigenvalue weighted by atomic mass is 16.8. The van der Waals surface area contributed by atoms with Crippen LogP contribution in [0.3, 0.4) is 0 Å². The van der Waals surface area contributed by atoms with Crippen LogP contribution in [-0.4, -0.2) is 160 Å². The van der Waals surface area contributed by atoms with Gasteiger partial charge in [-0.15, -0.1) is 0 Å². The second-order valence-corrected chi connectivity index (χ2v) is 15.4. The third-order valence-electron chi connectivity index (χ3n) is 11.1. The fourth-order valence-electron chi connectivity index (χ4n) is 7.96. The van der Waals surface area contributed by atoms with Crippen LogP contribution in [0.5, 0.6) is 0 Å². The molecule has 6 N–H and O–H groups in total. The van der Waals surface area contributed by atoms with Crippen molar-refractivity contribution in [2.24, 2.45) is 0 Å². The van der Waals surface area contributed by atoms with Crippen LogP contribution in [0.15, 0.2) is 12.0 Å². The van der Waals surface area contributed by atoms with Crippen molar-refractivity contribution in [2.75, 3.05) is 0 Å². The van der Waals surface area contributed by atoms with Crippen LogP contribution in [0, 0.1) is 0 Å². The van der Waals surface area contributed by atoms with E-state index < -0.39 is 117 Å². The lowest BCUT2D eigenvalue weighted by molar-refractivity contribution is -0.339. The molecule has 6 aliphatic rings. The van der Waals surface area contributed by atoms with Crippen LogP contribution in [-0.2, 0) is 52.1 Å². The van der Waals surface area contributed by atoms with Gasteiger partial charge in [0, 0.05) is 38.2 Å². The number of aliphatic hydroxyl groups is 6. The number of hydrogen-bond acceptors (Lipinski definition) is 17. The van der Waals surface area contributed by atoms with Gasteiger partial charge in [0.2, 0.25) is 0 Å². The maximum Gasteiger partial charge on any atom is 0.275 e. The van der Waals surface area contributed by atoms with Crippen molar-refractivity contribution >= 4 is 0 Å². The number of ether oxygens (including phenoxy) is 11. The van der Waals surface area contributed by atoms with Gasteiger partial charge < -0.3 is 82.7 Å². The summed E-state index contributed by atoms with van der Waals surface area (Å²) in [6.07, 6.45) is -10.4. The fourth-order valence-corrected chi connectivity index (χ4v) is 7.96. The normalized spacial score (nSPS) is 51.3. The Kier molecular flexibility index (Phi) is 14.0. The Hall–Kier alpha value is -1.26. The molecule has 6 heterocycles. The van der Waals surface area contributed by atoms with E-state index in [0.29, 0.717) is 25.7 Å². The molecule has 5 saturated heterocycles. The quantitative estimate of drug-likeness (QED) is 0.183. The molecule has 0 radical (unpaired) electrons. The first-order chi connectivity index (χ1) is 25.1. The van der Waals surface area contributed by atoms with Crippen molar-refractivity contribution in [1.29, 1.82) is 0 Å². The molecule has 17 nitrogen and oxygen atoms in total. The van der Waals surface area contributed by atoms with Crippen LogP contribution in [0.1, 0.15) is 86.5 Å². The van der Waals surface area contributed by atoms with Crippen molar-refractivity contribution in [2.45, 2.75) is 216 Å². The number of hydrogen-bond donors (Lipinski definition) is 6. The van der Waals surface area contributed by atoms with E-state index in [9.17, 15) is 30.6 Å². The van der Waals surface area contributed by atoms with Crippen LogP contribution in [0.25, 0.3) is 0 Å². The van der Waals surface area contributed by atoms with Gasteiger partial charge >= 0.3 is 0 Å². The Morgan fingerprint density at radius 2 is 0.962 bits per heavy atom. The molecule has 0 saturated carbocycles. The third kappa shape index (κ3) is 10.2. The topological polar surface area (TPSA) is 223 Å². The Balaban J connectivity index is 0.951. The minimum Gasteiger partial charge on any atom is -0.481 e. The first-order valence-corrected chi connectivity index (χ1v) is 19.2. The third-order valence-corrected chi connectivity index (χ3v) is 11.1. The lowest BCUT2D eigenvalue weighted by Crippen LogP contribution is -2.56. The molecule has 306 valence electrons. The Morgan fingerprint density at radius 1 is 0.472 bits per heavy atom. The highest BCUT2D eigenvalue weighted by molar-refractivity contribution is 5.01. The molecule has 0 spiro atoms. The van der Waals surface area contributed by atoms with E-state index >= 15 is 0 Å². The maximum atomic E-state index is 11.2. The monoisotopic (exact) mass is 764 g/mol. The number of rotatable bonds is 10. The molecule has 0 aromatic carbocycles. The van der Waals surface area contributed by atoms with Crippen LogP contribution in [0.2, 0.25) is 0 Å². The van der Waals surface area contributed by atoms with E-state index in [-0.39, 0.29) is 37.4 Å². The molecule has 0 aromatic rings. The van der Waals surface area contributed by atoms with Gasteiger partial charge in [0.25, 0.3) is 5.95 Å². The highest BCUT2D eigenvalue weighted by Crippen LogP contribution is 2.35. The van der Waals surface area contributed by atoms with Gasteiger partial charge in [0.1, 0.15) is 36.6 Å². The molecule has 6 aliphatic heterocycles. The predicted octanol–water partition coefficient (Wildman–Crippen LogP) is 0.990. The van der Waals surface area contributed by atoms with E-state index in [0.717, 1.165) is 6.08 Å². The number of aliphatic hydroxyl groups excluding tert-OH is 6. The van der Waals surface area contributed by atoms with Gasteiger partial charge in [-0.2, -0.15) is 0 Å². The summed E-state index contributed by atoms with van der Waals surface area (Å²) in [7, 11) is 0. The first kappa shape index (κ1) is 41.4.